The van der Waals surface area contributed by atoms with E-state index in [1.54, 1.807) is 0 Å². The van der Waals surface area contributed by atoms with Crippen LogP contribution in [0.3, 0.4) is 0 Å². The van der Waals surface area contributed by atoms with Gasteiger partial charge in [0.05, 0.1) is 7.11 Å². The van der Waals surface area contributed by atoms with E-state index in [4.69, 9.17) is 4.74 Å². The van der Waals surface area contributed by atoms with E-state index >= 15 is 0 Å². The minimum Gasteiger partial charge on any atom is -0.468 e. The summed E-state index contributed by atoms with van der Waals surface area (Å²) >= 11 is 0. The third-order valence-corrected chi connectivity index (χ3v) is 4.40. The average molecular weight is 323 g/mol. The molecule has 1 saturated carbocycles. The van der Waals surface area contributed by atoms with Crippen molar-refractivity contribution in [3.8, 4) is 0 Å². The van der Waals surface area contributed by atoms with Crippen LogP contribution in [-0.4, -0.2) is 36.9 Å². The Morgan fingerprint density at radius 2 is 1.91 bits per heavy atom. The Morgan fingerprint density at radius 3 is 2.43 bits per heavy atom. The lowest BCUT2D eigenvalue weighted by atomic mass is 9.62. The smallest absolute Gasteiger partial charge is 0.316 e. The Labute approximate surface area is 138 Å². The van der Waals surface area contributed by atoms with Crippen LogP contribution in [0.1, 0.15) is 59.8 Å². The van der Waals surface area contributed by atoms with Crippen molar-refractivity contribution in [2.75, 3.05) is 13.7 Å². The number of carbonyl (C=O) groups is 3. The number of nitrogens with zero attached hydrogens (tertiary/aromatic N) is 1. The van der Waals surface area contributed by atoms with Gasteiger partial charge in [-0.1, -0.05) is 34.1 Å². The maximum absolute atomic E-state index is 12.9. The van der Waals surface area contributed by atoms with E-state index in [1.165, 1.54) is 7.11 Å². The largest absolute Gasteiger partial charge is 0.468 e. The Balaban J connectivity index is 3.21. The first-order valence-electron chi connectivity index (χ1n) is 8.47. The van der Waals surface area contributed by atoms with Gasteiger partial charge >= 0.3 is 5.97 Å². The maximum Gasteiger partial charge on any atom is 0.316 e. The molecule has 1 aliphatic carbocycles. The normalized spacial score (nSPS) is 25.4. The number of ketones is 2. The maximum atomic E-state index is 12.9. The number of hydrogen-bond acceptors (Lipinski definition) is 5. The first-order valence-corrected chi connectivity index (χ1v) is 8.47. The second-order valence-electron chi connectivity index (χ2n) is 6.90. The van der Waals surface area contributed by atoms with Gasteiger partial charge in [-0.05, 0) is 24.7 Å². The summed E-state index contributed by atoms with van der Waals surface area (Å²) in [5.41, 5.74) is 0.0603. The highest BCUT2D eigenvalue weighted by atomic mass is 16.5. The van der Waals surface area contributed by atoms with Gasteiger partial charge in [0, 0.05) is 18.7 Å². The van der Waals surface area contributed by atoms with E-state index in [9.17, 15) is 14.4 Å². The highest BCUT2D eigenvalue weighted by molar-refractivity contribution is 6.26. The van der Waals surface area contributed by atoms with Gasteiger partial charge in [0.1, 0.15) is 17.6 Å². The summed E-state index contributed by atoms with van der Waals surface area (Å²) in [6.07, 6.45) is 3.41. The van der Waals surface area contributed by atoms with Crippen LogP contribution in [0.15, 0.2) is 4.99 Å². The summed E-state index contributed by atoms with van der Waals surface area (Å²) in [4.78, 5) is 42.0. The SMILES string of the molecule is CCCCN=C1CC(C)(C)[C@H](C(=O)OC)C(=O)C1C(=O)CCC. The molecular weight excluding hydrogens is 294 g/mol. The highest BCUT2D eigenvalue weighted by Crippen LogP contribution is 2.41. The number of ether oxygens (including phenoxy) is 1. The lowest BCUT2D eigenvalue weighted by Gasteiger charge is -2.39. The van der Waals surface area contributed by atoms with Gasteiger partial charge in [0.25, 0.3) is 0 Å². The molecule has 0 bridgehead atoms. The molecule has 130 valence electrons. The first kappa shape index (κ1) is 19.5. The summed E-state index contributed by atoms with van der Waals surface area (Å²) in [7, 11) is 1.28. The van der Waals surface area contributed by atoms with Crippen molar-refractivity contribution in [1.82, 2.24) is 0 Å². The Bertz CT molecular complexity index is 493. The average Bonchev–Trinajstić information content (AvgIpc) is 2.46. The molecule has 1 unspecified atom stereocenters. The van der Waals surface area contributed by atoms with E-state index in [-0.39, 0.29) is 11.6 Å². The molecule has 0 heterocycles. The summed E-state index contributed by atoms with van der Waals surface area (Å²) in [6.45, 7) is 8.32. The molecule has 0 amide bonds. The van der Waals surface area contributed by atoms with Crippen molar-refractivity contribution in [3.63, 3.8) is 0 Å². The monoisotopic (exact) mass is 323 g/mol. The van der Waals surface area contributed by atoms with Gasteiger partial charge in [-0.15, -0.1) is 0 Å². The third-order valence-electron chi connectivity index (χ3n) is 4.40. The second kappa shape index (κ2) is 8.37. The number of rotatable bonds is 7. The van der Waals surface area contributed by atoms with E-state index < -0.39 is 23.2 Å². The minimum atomic E-state index is -0.900. The molecule has 1 aliphatic rings. The van der Waals surface area contributed by atoms with Crippen LogP contribution in [-0.2, 0) is 19.1 Å². The van der Waals surface area contributed by atoms with Gasteiger partial charge in [-0.2, -0.15) is 0 Å². The van der Waals surface area contributed by atoms with E-state index in [0.717, 1.165) is 12.8 Å². The van der Waals surface area contributed by atoms with Crippen LogP contribution in [0.2, 0.25) is 0 Å². The van der Waals surface area contributed by atoms with Crippen LogP contribution >= 0.6 is 0 Å². The standard InChI is InChI=1S/C18H29NO4/c1-6-8-10-19-12-11-18(3,4)15(17(22)23-5)16(21)14(12)13(20)9-7-2/h14-15H,6-11H2,1-5H3/t14?,15-/m0/s1. The molecule has 0 aromatic carbocycles. The Hall–Kier alpha value is -1.52. The number of unbranched alkanes of at least 4 members (excludes halogenated alkanes) is 1. The highest BCUT2D eigenvalue weighted by Gasteiger charge is 2.52. The quantitative estimate of drug-likeness (QED) is 0.410. The molecule has 0 saturated heterocycles. The Morgan fingerprint density at radius 1 is 1.26 bits per heavy atom. The van der Waals surface area contributed by atoms with Crippen LogP contribution < -0.4 is 0 Å². The molecular formula is C18H29NO4. The van der Waals surface area contributed by atoms with Crippen molar-refractivity contribution in [2.24, 2.45) is 22.2 Å². The summed E-state index contributed by atoms with van der Waals surface area (Å²) in [6, 6.07) is 0. The molecule has 0 aromatic heterocycles. The number of carbonyl (C=O) groups excluding carboxylic acids is 3. The van der Waals surface area contributed by atoms with E-state index in [1.807, 2.05) is 20.8 Å². The summed E-state index contributed by atoms with van der Waals surface area (Å²) in [5, 5.41) is 0. The Kier molecular flexibility index (Phi) is 7.10. The number of Topliss-reactive ketones (excluding diaryl/α,β-unsaturated/α-hetero) is 2. The summed E-state index contributed by atoms with van der Waals surface area (Å²) in [5.74, 6) is -2.80. The molecule has 0 N–H and O–H groups in total. The van der Waals surface area contributed by atoms with Gasteiger partial charge in [0.15, 0.2) is 5.78 Å². The zero-order valence-electron chi connectivity index (χ0n) is 15.0. The molecule has 1 fully saturated rings. The zero-order valence-corrected chi connectivity index (χ0v) is 15.0. The van der Waals surface area contributed by atoms with Crippen molar-refractivity contribution < 1.29 is 19.1 Å². The number of methoxy groups -OCH3 is 1. The van der Waals surface area contributed by atoms with Crippen molar-refractivity contribution in [3.05, 3.63) is 0 Å². The molecule has 23 heavy (non-hydrogen) atoms. The van der Waals surface area contributed by atoms with E-state index in [2.05, 4.69) is 11.9 Å². The predicted octanol–water partition coefficient (Wildman–Crippen LogP) is 3.00. The van der Waals surface area contributed by atoms with Crippen LogP contribution in [0.5, 0.6) is 0 Å². The third kappa shape index (κ3) is 4.49. The zero-order chi connectivity index (χ0) is 17.6. The molecule has 1 rings (SSSR count). The van der Waals surface area contributed by atoms with Gasteiger partial charge in [-0.25, -0.2) is 0 Å². The number of esters is 1. The summed E-state index contributed by atoms with van der Waals surface area (Å²) < 4.78 is 4.81. The molecule has 5 heteroatoms. The molecule has 0 aliphatic heterocycles. The second-order valence-corrected chi connectivity index (χ2v) is 6.90. The molecule has 0 spiro atoms. The first-order chi connectivity index (χ1) is 10.8. The fraction of sp³-hybridized carbons (Fsp3) is 0.778. The fourth-order valence-electron chi connectivity index (χ4n) is 3.20. The van der Waals surface area contributed by atoms with Gasteiger partial charge < -0.3 is 4.74 Å². The van der Waals surface area contributed by atoms with Gasteiger partial charge in [0.2, 0.25) is 0 Å². The number of hydrogen-bond donors (Lipinski definition) is 0. The van der Waals surface area contributed by atoms with Crippen LogP contribution in [0.25, 0.3) is 0 Å². The fourth-order valence-corrected chi connectivity index (χ4v) is 3.20. The van der Waals surface area contributed by atoms with Crippen molar-refractivity contribution in [1.29, 1.82) is 0 Å². The lowest BCUT2D eigenvalue weighted by Crippen LogP contribution is -2.52. The lowest BCUT2D eigenvalue weighted by molar-refractivity contribution is -0.156. The predicted molar refractivity (Wildman–Crippen MR) is 89.5 cm³/mol. The molecule has 0 radical (unpaired) electrons. The minimum absolute atomic E-state index is 0.128. The molecule has 0 aromatic rings. The number of aliphatic imine (C=N–C) groups is 1. The van der Waals surface area contributed by atoms with Crippen molar-refractivity contribution >= 4 is 23.2 Å². The molecule has 2 atom stereocenters. The van der Waals surface area contributed by atoms with Crippen molar-refractivity contribution in [2.45, 2.75) is 59.8 Å². The van der Waals surface area contributed by atoms with E-state index in [0.29, 0.717) is 31.5 Å². The van der Waals surface area contributed by atoms with Crippen LogP contribution in [0, 0.1) is 17.3 Å². The van der Waals surface area contributed by atoms with Gasteiger partial charge in [-0.3, -0.25) is 19.4 Å². The molecule has 5 nitrogen and oxygen atoms in total. The topological polar surface area (TPSA) is 72.8 Å². The van der Waals surface area contributed by atoms with Crippen LogP contribution in [0.4, 0.5) is 0 Å².